The second kappa shape index (κ2) is 5.98. The van der Waals surface area contributed by atoms with Crippen LogP contribution in [0, 0.1) is 6.92 Å². The number of phenols is 1. The van der Waals surface area contributed by atoms with Gasteiger partial charge in [-0.3, -0.25) is 0 Å². The minimum absolute atomic E-state index is 0.218. The number of phenolic OH excluding ortho intramolecular Hbond substituents is 1. The molecule has 0 saturated heterocycles. The molecule has 0 amide bonds. The summed E-state index contributed by atoms with van der Waals surface area (Å²) in [7, 11) is 0. The third-order valence-corrected chi connectivity index (χ3v) is 4.95. The summed E-state index contributed by atoms with van der Waals surface area (Å²) < 4.78 is 0. The zero-order chi connectivity index (χ0) is 13.1. The van der Waals surface area contributed by atoms with Crippen LogP contribution in [0.25, 0.3) is 0 Å². The first-order valence-corrected chi connectivity index (χ1v) is 7.97. The lowest BCUT2D eigenvalue weighted by Gasteiger charge is -2.21. The lowest BCUT2D eigenvalue weighted by Crippen LogP contribution is -2.29. The van der Waals surface area contributed by atoms with Gasteiger partial charge in [-0.2, -0.15) is 11.8 Å². The molecule has 0 aliphatic heterocycles. The van der Waals surface area contributed by atoms with Crippen LogP contribution < -0.4 is 5.32 Å². The van der Waals surface area contributed by atoms with Gasteiger partial charge in [0.05, 0.1) is 0 Å². The first-order chi connectivity index (χ1) is 8.60. The molecule has 2 N–H and O–H groups in total. The van der Waals surface area contributed by atoms with E-state index in [0.29, 0.717) is 11.8 Å². The smallest absolute Gasteiger partial charge is 0.120 e. The van der Waals surface area contributed by atoms with Crippen LogP contribution in [0.3, 0.4) is 0 Å². The fourth-order valence-electron chi connectivity index (χ4n) is 2.77. The van der Waals surface area contributed by atoms with Gasteiger partial charge < -0.3 is 10.4 Å². The Balaban J connectivity index is 1.99. The van der Waals surface area contributed by atoms with Crippen molar-refractivity contribution < 1.29 is 5.11 Å². The first-order valence-electron chi connectivity index (χ1n) is 6.68. The van der Waals surface area contributed by atoms with Gasteiger partial charge in [-0.15, -0.1) is 0 Å². The molecule has 2 nitrogen and oxygen atoms in total. The zero-order valence-corrected chi connectivity index (χ0v) is 12.3. The fraction of sp³-hybridized carbons (Fsp3) is 0.600. The summed E-state index contributed by atoms with van der Waals surface area (Å²) in [5, 5.41) is 14.4. The highest BCUT2D eigenvalue weighted by atomic mass is 32.2. The Kier molecular flexibility index (Phi) is 4.57. The van der Waals surface area contributed by atoms with E-state index >= 15 is 0 Å². The predicted octanol–water partition coefficient (Wildman–Crippen LogP) is 3.64. The molecule has 0 heterocycles. The van der Waals surface area contributed by atoms with Crippen molar-refractivity contribution in [2.75, 3.05) is 6.26 Å². The second-order valence-corrected chi connectivity index (χ2v) is 6.46. The molecule has 3 unspecified atom stereocenters. The molecule has 18 heavy (non-hydrogen) atoms. The van der Waals surface area contributed by atoms with Crippen molar-refractivity contribution in [1.29, 1.82) is 0 Å². The fourth-order valence-corrected chi connectivity index (χ4v) is 3.57. The van der Waals surface area contributed by atoms with Gasteiger partial charge in [0.1, 0.15) is 5.75 Å². The molecule has 0 bridgehead atoms. The van der Waals surface area contributed by atoms with Crippen molar-refractivity contribution in [1.82, 2.24) is 5.32 Å². The maximum Gasteiger partial charge on any atom is 0.120 e. The average Bonchev–Trinajstić information content (AvgIpc) is 2.80. The third-order valence-electron chi connectivity index (χ3n) is 3.85. The topological polar surface area (TPSA) is 32.3 Å². The van der Waals surface area contributed by atoms with Gasteiger partial charge in [-0.1, -0.05) is 17.7 Å². The quantitative estimate of drug-likeness (QED) is 0.872. The van der Waals surface area contributed by atoms with E-state index in [2.05, 4.69) is 31.5 Å². The highest BCUT2D eigenvalue weighted by molar-refractivity contribution is 7.99. The molecule has 1 saturated carbocycles. The molecule has 1 fully saturated rings. The summed E-state index contributed by atoms with van der Waals surface area (Å²) in [6.07, 6.45) is 6.01. The van der Waals surface area contributed by atoms with Crippen LogP contribution in [0.5, 0.6) is 5.75 Å². The van der Waals surface area contributed by atoms with Crippen LogP contribution in [0.15, 0.2) is 18.2 Å². The molecule has 1 aliphatic rings. The molecule has 1 aromatic carbocycles. The minimum Gasteiger partial charge on any atom is -0.508 e. The van der Waals surface area contributed by atoms with Gasteiger partial charge in [0.2, 0.25) is 0 Å². The highest BCUT2D eigenvalue weighted by Gasteiger charge is 2.25. The summed E-state index contributed by atoms with van der Waals surface area (Å²) in [6, 6.07) is 6.63. The van der Waals surface area contributed by atoms with E-state index in [-0.39, 0.29) is 6.04 Å². The van der Waals surface area contributed by atoms with Crippen LogP contribution in [0.4, 0.5) is 0 Å². The number of rotatable bonds is 4. The van der Waals surface area contributed by atoms with Crippen molar-refractivity contribution in [3.8, 4) is 5.75 Å². The Hall–Kier alpha value is -0.670. The third kappa shape index (κ3) is 3.21. The number of thioether (sulfide) groups is 1. The molecular formula is C15H23NOS. The number of aryl methyl sites for hydroxylation is 1. The van der Waals surface area contributed by atoms with Gasteiger partial charge in [-0.25, -0.2) is 0 Å². The number of hydrogen-bond acceptors (Lipinski definition) is 3. The highest BCUT2D eigenvalue weighted by Crippen LogP contribution is 2.31. The maximum absolute atomic E-state index is 9.93. The van der Waals surface area contributed by atoms with Gasteiger partial charge in [0.25, 0.3) is 0 Å². The minimum atomic E-state index is 0.218. The number of aromatic hydroxyl groups is 1. The Labute approximate surface area is 114 Å². The van der Waals surface area contributed by atoms with Crippen LogP contribution in [0.2, 0.25) is 0 Å². The Morgan fingerprint density at radius 2 is 2.17 bits per heavy atom. The van der Waals surface area contributed by atoms with E-state index < -0.39 is 0 Å². The predicted molar refractivity (Wildman–Crippen MR) is 79.3 cm³/mol. The van der Waals surface area contributed by atoms with Crippen molar-refractivity contribution in [2.45, 2.75) is 50.4 Å². The van der Waals surface area contributed by atoms with Crippen molar-refractivity contribution >= 4 is 11.8 Å². The van der Waals surface area contributed by atoms with Gasteiger partial charge in [0.15, 0.2) is 0 Å². The molecule has 100 valence electrons. The number of hydrogen-bond donors (Lipinski definition) is 2. The van der Waals surface area contributed by atoms with Crippen molar-refractivity contribution in [3.05, 3.63) is 29.3 Å². The maximum atomic E-state index is 9.93. The normalized spacial score (nSPS) is 25.3. The van der Waals surface area contributed by atoms with E-state index in [0.717, 1.165) is 10.8 Å². The van der Waals surface area contributed by atoms with Gasteiger partial charge in [0, 0.05) is 22.9 Å². The van der Waals surface area contributed by atoms with Crippen molar-refractivity contribution in [3.63, 3.8) is 0 Å². The molecular weight excluding hydrogens is 242 g/mol. The standard InChI is InChI=1S/C15H23NOS/c1-10-4-7-15(17)14(8-10)11(2)16-12-5-6-13(9-12)18-3/h4,7-8,11-13,16-17H,5-6,9H2,1-3H3. The largest absolute Gasteiger partial charge is 0.508 e. The molecule has 1 aromatic rings. The van der Waals surface area contributed by atoms with Crippen molar-refractivity contribution in [2.24, 2.45) is 0 Å². The second-order valence-electron chi connectivity index (χ2n) is 5.32. The summed E-state index contributed by atoms with van der Waals surface area (Å²) in [5.41, 5.74) is 2.22. The summed E-state index contributed by atoms with van der Waals surface area (Å²) in [6.45, 7) is 4.20. The van der Waals surface area contributed by atoms with Crippen LogP contribution in [-0.2, 0) is 0 Å². The number of benzene rings is 1. The van der Waals surface area contributed by atoms with Crippen LogP contribution in [0.1, 0.15) is 43.4 Å². The molecule has 3 atom stereocenters. The average molecular weight is 265 g/mol. The molecule has 0 radical (unpaired) electrons. The molecule has 0 spiro atoms. The van der Waals surface area contributed by atoms with E-state index in [9.17, 15) is 5.11 Å². The lowest BCUT2D eigenvalue weighted by molar-refractivity contribution is 0.427. The van der Waals surface area contributed by atoms with E-state index in [1.54, 1.807) is 6.07 Å². The Morgan fingerprint density at radius 3 is 2.83 bits per heavy atom. The summed E-state index contributed by atoms with van der Waals surface area (Å²) >= 11 is 1.98. The van der Waals surface area contributed by atoms with E-state index in [1.165, 1.54) is 24.8 Å². The lowest BCUT2D eigenvalue weighted by atomic mass is 10.0. The Bertz CT molecular complexity index is 407. The monoisotopic (exact) mass is 265 g/mol. The molecule has 2 rings (SSSR count). The Morgan fingerprint density at radius 1 is 1.39 bits per heavy atom. The molecule has 0 aromatic heterocycles. The van der Waals surface area contributed by atoms with Gasteiger partial charge >= 0.3 is 0 Å². The molecule has 1 aliphatic carbocycles. The zero-order valence-electron chi connectivity index (χ0n) is 11.4. The molecule has 3 heteroatoms. The van der Waals surface area contributed by atoms with E-state index in [1.807, 2.05) is 17.8 Å². The van der Waals surface area contributed by atoms with E-state index in [4.69, 9.17) is 0 Å². The first kappa shape index (κ1) is 13.8. The SMILES string of the molecule is CSC1CCC(NC(C)c2cc(C)ccc2O)C1. The van der Waals surface area contributed by atoms with Crippen LogP contribution >= 0.6 is 11.8 Å². The summed E-state index contributed by atoms with van der Waals surface area (Å²) in [4.78, 5) is 0. The van der Waals surface area contributed by atoms with Gasteiger partial charge in [-0.05, 0) is 45.4 Å². The number of nitrogens with one attached hydrogen (secondary N) is 1. The van der Waals surface area contributed by atoms with Crippen LogP contribution in [-0.4, -0.2) is 22.7 Å². The summed E-state index contributed by atoms with van der Waals surface area (Å²) in [5.74, 6) is 0.403.